The lowest BCUT2D eigenvalue weighted by Crippen LogP contribution is -2.31. The molecule has 24 heavy (non-hydrogen) atoms. The minimum Gasteiger partial charge on any atom is -0.497 e. The lowest BCUT2D eigenvalue weighted by atomic mass is 10.2. The maximum Gasteiger partial charge on any atom is 0.329 e. The lowest BCUT2D eigenvalue weighted by Gasteiger charge is -2.29. The highest BCUT2D eigenvalue weighted by atomic mass is 16.5. The van der Waals surface area contributed by atoms with Crippen molar-refractivity contribution in [1.82, 2.24) is 19.1 Å². The van der Waals surface area contributed by atoms with Crippen molar-refractivity contribution < 1.29 is 4.74 Å². The molecule has 3 heterocycles. The Morgan fingerprint density at radius 1 is 1.17 bits per heavy atom. The zero-order chi connectivity index (χ0) is 16.8. The number of hydrogen-bond acceptors (Lipinski definition) is 5. The molecule has 3 aromatic rings. The van der Waals surface area contributed by atoms with Crippen LogP contribution in [-0.4, -0.2) is 32.8 Å². The third-order valence-corrected chi connectivity index (χ3v) is 4.38. The molecule has 0 unspecified atom stereocenters. The van der Waals surface area contributed by atoms with Gasteiger partial charge in [-0.1, -0.05) is 0 Å². The van der Waals surface area contributed by atoms with E-state index in [1.165, 1.54) is 4.57 Å². The van der Waals surface area contributed by atoms with Gasteiger partial charge in [-0.15, -0.1) is 0 Å². The minimum absolute atomic E-state index is 0.400. The average Bonchev–Trinajstić information content (AvgIpc) is 3.00. The summed E-state index contributed by atoms with van der Waals surface area (Å²) in [5.74, 6) is 1.45. The Hall–Kier alpha value is -3.03. The number of nitrogens with zero attached hydrogens (tertiary/aromatic N) is 4. The first-order chi connectivity index (χ1) is 11.6. The van der Waals surface area contributed by atoms with Crippen LogP contribution in [0.25, 0.3) is 11.2 Å². The van der Waals surface area contributed by atoms with E-state index in [0.717, 1.165) is 24.4 Å². The van der Waals surface area contributed by atoms with Gasteiger partial charge in [-0.25, -0.2) is 4.79 Å². The number of aromatic amines is 1. The summed E-state index contributed by atoms with van der Waals surface area (Å²) in [5, 5.41) is 0. The average molecular weight is 327 g/mol. The summed E-state index contributed by atoms with van der Waals surface area (Å²) in [6.07, 6.45) is 0.882. The Labute approximate surface area is 136 Å². The topological polar surface area (TPSA) is 85.2 Å². The summed E-state index contributed by atoms with van der Waals surface area (Å²) in [4.78, 5) is 33.0. The van der Waals surface area contributed by atoms with Crippen LogP contribution in [0.2, 0.25) is 0 Å². The van der Waals surface area contributed by atoms with E-state index >= 15 is 0 Å². The van der Waals surface area contributed by atoms with E-state index in [0.29, 0.717) is 23.7 Å². The number of ether oxygens (including phenoxy) is 1. The van der Waals surface area contributed by atoms with Gasteiger partial charge in [0.25, 0.3) is 5.56 Å². The Bertz CT molecular complexity index is 1030. The number of aromatic nitrogens is 4. The molecule has 0 atom stereocenters. The van der Waals surface area contributed by atoms with Gasteiger partial charge in [0.1, 0.15) is 5.75 Å². The van der Waals surface area contributed by atoms with Gasteiger partial charge in [0.15, 0.2) is 11.2 Å². The van der Waals surface area contributed by atoms with E-state index in [1.54, 1.807) is 14.2 Å². The molecule has 1 N–H and O–H groups in total. The van der Waals surface area contributed by atoms with Crippen molar-refractivity contribution >= 4 is 22.8 Å². The Morgan fingerprint density at radius 3 is 2.62 bits per heavy atom. The first-order valence-corrected chi connectivity index (χ1v) is 7.71. The van der Waals surface area contributed by atoms with Gasteiger partial charge in [-0.2, -0.15) is 4.98 Å². The molecule has 0 fully saturated rings. The molecule has 0 aliphatic carbocycles. The highest BCUT2D eigenvalue weighted by Crippen LogP contribution is 2.31. The smallest absolute Gasteiger partial charge is 0.329 e. The largest absolute Gasteiger partial charge is 0.497 e. The normalized spacial score (nSPS) is 14.0. The predicted molar refractivity (Wildman–Crippen MR) is 90.2 cm³/mol. The monoisotopic (exact) mass is 327 g/mol. The zero-order valence-corrected chi connectivity index (χ0v) is 13.4. The van der Waals surface area contributed by atoms with Crippen LogP contribution in [0.3, 0.4) is 0 Å². The number of anilines is 2. The summed E-state index contributed by atoms with van der Waals surface area (Å²) in [7, 11) is 3.24. The first kappa shape index (κ1) is 14.6. The fourth-order valence-corrected chi connectivity index (χ4v) is 3.13. The zero-order valence-electron chi connectivity index (χ0n) is 13.4. The number of nitrogens with one attached hydrogen (secondary N) is 1. The van der Waals surface area contributed by atoms with Gasteiger partial charge in [-0.05, 0) is 30.7 Å². The molecule has 4 rings (SSSR count). The molecule has 0 radical (unpaired) electrons. The van der Waals surface area contributed by atoms with E-state index < -0.39 is 11.2 Å². The molecular formula is C16H17N5O3. The Morgan fingerprint density at radius 2 is 1.92 bits per heavy atom. The fourth-order valence-electron chi connectivity index (χ4n) is 3.13. The van der Waals surface area contributed by atoms with Crippen molar-refractivity contribution in [2.24, 2.45) is 7.05 Å². The van der Waals surface area contributed by atoms with Crippen molar-refractivity contribution in [3.63, 3.8) is 0 Å². The third-order valence-electron chi connectivity index (χ3n) is 4.38. The standard InChI is InChI=1S/C16H17N5O3/c1-19-13-12(14(22)18-16(19)23)21-9-3-8-20(15(21)17-13)10-4-6-11(24-2)7-5-10/h4-7H,3,8-9H2,1-2H3,(H,18,22,23). The summed E-state index contributed by atoms with van der Waals surface area (Å²) in [6.45, 7) is 1.49. The molecule has 0 spiro atoms. The second-order valence-electron chi connectivity index (χ2n) is 5.76. The first-order valence-electron chi connectivity index (χ1n) is 7.71. The van der Waals surface area contributed by atoms with Crippen LogP contribution < -0.4 is 20.9 Å². The summed E-state index contributed by atoms with van der Waals surface area (Å²) < 4.78 is 8.44. The molecule has 1 aliphatic rings. The Balaban J connectivity index is 1.93. The van der Waals surface area contributed by atoms with Crippen LogP contribution in [0.4, 0.5) is 11.6 Å². The number of aryl methyl sites for hydroxylation is 2. The summed E-state index contributed by atoms with van der Waals surface area (Å²) in [5.41, 5.74) is 0.945. The quantitative estimate of drug-likeness (QED) is 0.758. The number of benzene rings is 1. The van der Waals surface area contributed by atoms with Gasteiger partial charge >= 0.3 is 5.69 Å². The van der Waals surface area contributed by atoms with Gasteiger partial charge in [-0.3, -0.25) is 14.3 Å². The summed E-state index contributed by atoms with van der Waals surface area (Å²) in [6, 6.07) is 7.69. The molecular weight excluding hydrogens is 310 g/mol. The number of imidazole rings is 1. The molecule has 0 amide bonds. The van der Waals surface area contributed by atoms with Crippen LogP contribution in [0.1, 0.15) is 6.42 Å². The van der Waals surface area contributed by atoms with E-state index in [9.17, 15) is 9.59 Å². The second kappa shape index (κ2) is 5.26. The van der Waals surface area contributed by atoms with Crippen LogP contribution in [0, 0.1) is 0 Å². The molecule has 0 saturated heterocycles. The van der Waals surface area contributed by atoms with E-state index in [-0.39, 0.29) is 0 Å². The van der Waals surface area contributed by atoms with Gasteiger partial charge in [0.2, 0.25) is 5.95 Å². The van der Waals surface area contributed by atoms with Crippen molar-refractivity contribution in [3.8, 4) is 5.75 Å². The molecule has 124 valence electrons. The summed E-state index contributed by atoms with van der Waals surface area (Å²) >= 11 is 0. The van der Waals surface area contributed by atoms with Crippen LogP contribution in [0.15, 0.2) is 33.9 Å². The van der Waals surface area contributed by atoms with E-state index in [1.807, 2.05) is 33.7 Å². The van der Waals surface area contributed by atoms with Crippen LogP contribution >= 0.6 is 0 Å². The molecule has 1 aliphatic heterocycles. The van der Waals surface area contributed by atoms with E-state index in [2.05, 4.69) is 9.97 Å². The van der Waals surface area contributed by atoms with Crippen molar-refractivity contribution in [1.29, 1.82) is 0 Å². The van der Waals surface area contributed by atoms with Crippen molar-refractivity contribution in [2.75, 3.05) is 18.6 Å². The number of methoxy groups -OCH3 is 1. The maximum absolute atomic E-state index is 12.2. The van der Waals surface area contributed by atoms with Gasteiger partial charge in [0, 0.05) is 25.8 Å². The number of hydrogen-bond donors (Lipinski definition) is 1. The number of H-pyrrole nitrogens is 1. The maximum atomic E-state index is 12.2. The molecule has 0 saturated carbocycles. The van der Waals surface area contributed by atoms with Gasteiger partial charge in [0.05, 0.1) is 7.11 Å². The third kappa shape index (κ3) is 2.03. The Kier molecular flexibility index (Phi) is 3.19. The molecule has 8 nitrogen and oxygen atoms in total. The van der Waals surface area contributed by atoms with Crippen LogP contribution in [0.5, 0.6) is 5.75 Å². The lowest BCUT2D eigenvalue weighted by molar-refractivity contribution is 0.415. The van der Waals surface area contributed by atoms with Crippen molar-refractivity contribution in [3.05, 3.63) is 45.1 Å². The SMILES string of the molecule is COc1ccc(N2CCCn3c2nc2c3c(=O)[nH]c(=O)n2C)cc1. The van der Waals surface area contributed by atoms with Crippen molar-refractivity contribution in [2.45, 2.75) is 13.0 Å². The van der Waals surface area contributed by atoms with Crippen LogP contribution in [-0.2, 0) is 13.6 Å². The number of rotatable bonds is 2. The molecule has 8 heteroatoms. The molecule has 0 bridgehead atoms. The highest BCUT2D eigenvalue weighted by Gasteiger charge is 2.25. The second-order valence-corrected chi connectivity index (χ2v) is 5.76. The number of fused-ring (bicyclic) bond motifs is 3. The van der Waals surface area contributed by atoms with E-state index in [4.69, 9.17) is 4.74 Å². The minimum atomic E-state index is -0.459. The fraction of sp³-hybridized carbons (Fsp3) is 0.312. The molecule has 2 aromatic heterocycles. The predicted octanol–water partition coefficient (Wildman–Crippen LogP) is 0.974. The van der Waals surface area contributed by atoms with Gasteiger partial charge < -0.3 is 14.2 Å². The molecule has 1 aromatic carbocycles. The highest BCUT2D eigenvalue weighted by molar-refractivity contribution is 5.76.